The number of carbonyl (C=O) groups is 1. The van der Waals surface area contributed by atoms with E-state index in [1.54, 1.807) is 0 Å². The van der Waals surface area contributed by atoms with Gasteiger partial charge in [0.15, 0.2) is 0 Å². The number of esters is 1. The minimum atomic E-state index is -0.255. The van der Waals surface area contributed by atoms with Crippen LogP contribution in [0.5, 0.6) is 5.75 Å². The predicted molar refractivity (Wildman–Crippen MR) is 97.5 cm³/mol. The van der Waals surface area contributed by atoms with E-state index in [9.17, 15) is 4.79 Å². The molecule has 3 heteroatoms. The SMILES string of the molecule is CCCCOC(=O)c1ccc(-c2ccc(OCCCC)cc2)cc1. The van der Waals surface area contributed by atoms with Gasteiger partial charge < -0.3 is 9.47 Å². The zero-order valence-electron chi connectivity index (χ0n) is 14.6. The van der Waals surface area contributed by atoms with Crippen molar-refractivity contribution < 1.29 is 14.3 Å². The van der Waals surface area contributed by atoms with Crippen LogP contribution in [0.2, 0.25) is 0 Å². The molecule has 0 radical (unpaired) electrons. The molecule has 0 bridgehead atoms. The highest BCUT2D eigenvalue weighted by Crippen LogP contribution is 2.23. The molecule has 0 heterocycles. The summed E-state index contributed by atoms with van der Waals surface area (Å²) in [5, 5.41) is 0. The summed E-state index contributed by atoms with van der Waals surface area (Å²) >= 11 is 0. The Labute approximate surface area is 144 Å². The monoisotopic (exact) mass is 326 g/mol. The van der Waals surface area contributed by atoms with Gasteiger partial charge in [-0.15, -0.1) is 0 Å². The molecule has 0 amide bonds. The Morgan fingerprint density at radius 2 is 1.33 bits per heavy atom. The van der Waals surface area contributed by atoms with Crippen LogP contribution in [0.1, 0.15) is 49.9 Å². The Bertz CT molecular complexity index is 615. The lowest BCUT2D eigenvalue weighted by Crippen LogP contribution is -2.06. The van der Waals surface area contributed by atoms with Crippen LogP contribution < -0.4 is 4.74 Å². The fourth-order valence-corrected chi connectivity index (χ4v) is 2.27. The first-order valence-corrected chi connectivity index (χ1v) is 8.75. The van der Waals surface area contributed by atoms with Crippen molar-refractivity contribution in [1.82, 2.24) is 0 Å². The van der Waals surface area contributed by atoms with Gasteiger partial charge in [0.1, 0.15) is 5.75 Å². The molecule has 2 aromatic carbocycles. The third kappa shape index (κ3) is 5.41. The first-order chi connectivity index (χ1) is 11.7. The maximum atomic E-state index is 11.9. The van der Waals surface area contributed by atoms with E-state index in [0.29, 0.717) is 12.2 Å². The van der Waals surface area contributed by atoms with Crippen LogP contribution in [0.15, 0.2) is 48.5 Å². The number of hydrogen-bond acceptors (Lipinski definition) is 3. The minimum Gasteiger partial charge on any atom is -0.494 e. The summed E-state index contributed by atoms with van der Waals surface area (Å²) < 4.78 is 10.9. The first kappa shape index (κ1) is 18.1. The Balaban J connectivity index is 1.96. The Morgan fingerprint density at radius 1 is 0.792 bits per heavy atom. The Morgan fingerprint density at radius 3 is 1.92 bits per heavy atom. The average Bonchev–Trinajstić information content (AvgIpc) is 2.63. The van der Waals surface area contributed by atoms with Gasteiger partial charge in [0.25, 0.3) is 0 Å². The van der Waals surface area contributed by atoms with Crippen LogP contribution in [0.25, 0.3) is 11.1 Å². The zero-order chi connectivity index (χ0) is 17.2. The second-order valence-corrected chi connectivity index (χ2v) is 5.79. The quantitative estimate of drug-likeness (QED) is 0.451. The fourth-order valence-electron chi connectivity index (χ4n) is 2.27. The van der Waals surface area contributed by atoms with Gasteiger partial charge in [-0.3, -0.25) is 0 Å². The first-order valence-electron chi connectivity index (χ1n) is 8.75. The van der Waals surface area contributed by atoms with E-state index in [1.807, 2.05) is 48.5 Å². The lowest BCUT2D eigenvalue weighted by Gasteiger charge is -2.08. The molecule has 0 saturated heterocycles. The predicted octanol–water partition coefficient (Wildman–Crippen LogP) is 5.49. The lowest BCUT2D eigenvalue weighted by atomic mass is 10.0. The summed E-state index contributed by atoms with van der Waals surface area (Å²) in [6.45, 7) is 5.46. The minimum absolute atomic E-state index is 0.255. The number of benzene rings is 2. The van der Waals surface area contributed by atoms with Crippen molar-refractivity contribution in [2.24, 2.45) is 0 Å². The van der Waals surface area contributed by atoms with Crippen molar-refractivity contribution in [2.45, 2.75) is 39.5 Å². The van der Waals surface area contributed by atoms with Gasteiger partial charge in [0, 0.05) is 0 Å². The van der Waals surface area contributed by atoms with E-state index in [4.69, 9.17) is 9.47 Å². The van der Waals surface area contributed by atoms with Gasteiger partial charge in [-0.1, -0.05) is 51.0 Å². The average molecular weight is 326 g/mol. The molecular weight excluding hydrogens is 300 g/mol. The number of unbranched alkanes of at least 4 members (excludes halogenated alkanes) is 2. The van der Waals surface area contributed by atoms with E-state index < -0.39 is 0 Å². The number of carbonyl (C=O) groups excluding carboxylic acids is 1. The molecule has 0 aliphatic carbocycles. The second kappa shape index (κ2) is 9.76. The lowest BCUT2D eigenvalue weighted by molar-refractivity contribution is 0.0500. The molecule has 2 rings (SSSR count). The highest BCUT2D eigenvalue weighted by atomic mass is 16.5. The van der Waals surface area contributed by atoms with Crippen molar-refractivity contribution in [3.63, 3.8) is 0 Å². The van der Waals surface area contributed by atoms with Crippen molar-refractivity contribution >= 4 is 5.97 Å². The molecule has 0 saturated carbocycles. The Kier molecular flexibility index (Phi) is 7.34. The summed E-state index contributed by atoms with van der Waals surface area (Å²) in [5.74, 6) is 0.637. The molecule has 0 aliphatic rings. The largest absolute Gasteiger partial charge is 0.494 e. The molecule has 0 aromatic heterocycles. The van der Waals surface area contributed by atoms with Crippen LogP contribution in [0.4, 0.5) is 0 Å². The third-order valence-electron chi connectivity index (χ3n) is 3.81. The maximum absolute atomic E-state index is 11.9. The van der Waals surface area contributed by atoms with E-state index in [-0.39, 0.29) is 5.97 Å². The normalized spacial score (nSPS) is 10.4. The van der Waals surface area contributed by atoms with Gasteiger partial charge in [-0.2, -0.15) is 0 Å². The molecule has 2 aromatic rings. The van der Waals surface area contributed by atoms with Crippen molar-refractivity contribution in [3.8, 4) is 16.9 Å². The van der Waals surface area contributed by atoms with Crippen LogP contribution in [0, 0.1) is 0 Å². The summed E-state index contributed by atoms with van der Waals surface area (Å²) in [6, 6.07) is 15.6. The number of rotatable bonds is 9. The van der Waals surface area contributed by atoms with Gasteiger partial charge in [0.05, 0.1) is 18.8 Å². The summed E-state index contributed by atoms with van der Waals surface area (Å²) in [5.41, 5.74) is 2.76. The van der Waals surface area contributed by atoms with Crippen molar-refractivity contribution in [2.75, 3.05) is 13.2 Å². The number of hydrogen-bond donors (Lipinski definition) is 0. The highest BCUT2D eigenvalue weighted by molar-refractivity contribution is 5.90. The highest BCUT2D eigenvalue weighted by Gasteiger charge is 2.07. The molecule has 0 aliphatic heterocycles. The molecule has 128 valence electrons. The van der Waals surface area contributed by atoms with Crippen molar-refractivity contribution in [3.05, 3.63) is 54.1 Å². The fraction of sp³-hybridized carbons (Fsp3) is 0.381. The summed E-state index contributed by atoms with van der Waals surface area (Å²) in [7, 11) is 0. The standard InChI is InChI=1S/C21H26O3/c1-3-5-15-23-20-13-11-18(12-14-20)17-7-9-19(10-8-17)21(22)24-16-6-4-2/h7-14H,3-6,15-16H2,1-2H3. The van der Waals surface area contributed by atoms with Crippen LogP contribution in [-0.2, 0) is 4.74 Å². The molecule has 0 spiro atoms. The molecular formula is C21H26O3. The van der Waals surface area contributed by atoms with E-state index >= 15 is 0 Å². The smallest absolute Gasteiger partial charge is 0.338 e. The van der Waals surface area contributed by atoms with Gasteiger partial charge >= 0.3 is 5.97 Å². The molecule has 3 nitrogen and oxygen atoms in total. The Hall–Kier alpha value is -2.29. The molecule has 0 fully saturated rings. The third-order valence-corrected chi connectivity index (χ3v) is 3.81. The van der Waals surface area contributed by atoms with Crippen LogP contribution in [0.3, 0.4) is 0 Å². The number of ether oxygens (including phenoxy) is 2. The summed E-state index contributed by atoms with van der Waals surface area (Å²) in [4.78, 5) is 11.9. The van der Waals surface area contributed by atoms with Crippen LogP contribution in [-0.4, -0.2) is 19.2 Å². The van der Waals surface area contributed by atoms with Gasteiger partial charge in [-0.25, -0.2) is 4.79 Å². The molecule has 0 unspecified atom stereocenters. The van der Waals surface area contributed by atoms with E-state index in [2.05, 4.69) is 13.8 Å². The maximum Gasteiger partial charge on any atom is 0.338 e. The molecule has 0 N–H and O–H groups in total. The van der Waals surface area contributed by atoms with E-state index in [0.717, 1.165) is 49.2 Å². The van der Waals surface area contributed by atoms with Crippen LogP contribution >= 0.6 is 0 Å². The van der Waals surface area contributed by atoms with E-state index in [1.165, 1.54) is 0 Å². The van der Waals surface area contributed by atoms with Gasteiger partial charge in [-0.05, 0) is 48.2 Å². The van der Waals surface area contributed by atoms with Crippen molar-refractivity contribution in [1.29, 1.82) is 0 Å². The van der Waals surface area contributed by atoms with Gasteiger partial charge in [0.2, 0.25) is 0 Å². The zero-order valence-corrected chi connectivity index (χ0v) is 14.6. The summed E-state index contributed by atoms with van der Waals surface area (Å²) in [6.07, 6.45) is 4.11. The topological polar surface area (TPSA) is 35.5 Å². The molecule has 24 heavy (non-hydrogen) atoms. The second-order valence-electron chi connectivity index (χ2n) is 5.79. The molecule has 0 atom stereocenters.